The van der Waals surface area contributed by atoms with Crippen LogP contribution in [0.3, 0.4) is 0 Å². The van der Waals surface area contributed by atoms with Crippen molar-refractivity contribution in [3.63, 3.8) is 0 Å². The van der Waals surface area contributed by atoms with Gasteiger partial charge in [0.2, 0.25) is 10.0 Å². The van der Waals surface area contributed by atoms with E-state index < -0.39 is 21.9 Å². The van der Waals surface area contributed by atoms with E-state index in [1.165, 1.54) is 6.07 Å². The Morgan fingerprint density at radius 2 is 2.06 bits per heavy atom. The van der Waals surface area contributed by atoms with Gasteiger partial charge in [0.05, 0.1) is 5.75 Å². The summed E-state index contributed by atoms with van der Waals surface area (Å²) in [6.45, 7) is 1.59. The highest BCUT2D eigenvalue weighted by molar-refractivity contribution is 7.89. The van der Waals surface area contributed by atoms with Crippen LogP contribution in [0, 0.1) is 5.82 Å². The van der Waals surface area contributed by atoms with Crippen LogP contribution >= 0.6 is 11.6 Å². The molecule has 0 saturated carbocycles. The molecule has 0 aliphatic rings. The highest BCUT2D eigenvalue weighted by Gasteiger charge is 2.17. The van der Waals surface area contributed by atoms with Crippen molar-refractivity contribution in [2.45, 2.75) is 13.0 Å². The lowest BCUT2D eigenvalue weighted by Gasteiger charge is -2.14. The van der Waals surface area contributed by atoms with Crippen LogP contribution in [0.5, 0.6) is 0 Å². The molecular formula is C10H13ClFNO2S. The Bertz CT molecular complexity index is 450. The van der Waals surface area contributed by atoms with Crippen molar-refractivity contribution in [1.29, 1.82) is 0 Å². The molecule has 0 aliphatic heterocycles. The maximum Gasteiger partial charge on any atom is 0.213 e. The van der Waals surface area contributed by atoms with E-state index in [0.29, 0.717) is 5.56 Å². The van der Waals surface area contributed by atoms with E-state index in [-0.39, 0.29) is 11.6 Å². The Morgan fingerprint density at radius 1 is 1.44 bits per heavy atom. The Kier molecular flexibility index (Phi) is 4.70. The molecule has 3 nitrogen and oxygen atoms in total. The Hall–Kier alpha value is -0.650. The summed E-state index contributed by atoms with van der Waals surface area (Å²) in [5, 5.41) is 0. The highest BCUT2D eigenvalue weighted by atomic mass is 35.5. The SMILES string of the molecule is C[C@@H](NS(=O)(=O)CCCl)c1ccccc1F. The fourth-order valence-electron chi connectivity index (χ4n) is 1.32. The van der Waals surface area contributed by atoms with Crippen LogP contribution in [-0.4, -0.2) is 20.1 Å². The number of benzene rings is 1. The minimum atomic E-state index is -3.44. The first-order valence-corrected chi connectivity index (χ1v) is 6.95. The lowest BCUT2D eigenvalue weighted by atomic mass is 10.1. The highest BCUT2D eigenvalue weighted by Crippen LogP contribution is 2.16. The second kappa shape index (κ2) is 5.61. The summed E-state index contributed by atoms with van der Waals surface area (Å²) in [6, 6.07) is 5.45. The second-order valence-electron chi connectivity index (χ2n) is 3.37. The van der Waals surface area contributed by atoms with E-state index in [1.807, 2.05) is 0 Å². The van der Waals surface area contributed by atoms with Gasteiger partial charge in [-0.3, -0.25) is 0 Å². The topological polar surface area (TPSA) is 46.2 Å². The summed E-state index contributed by atoms with van der Waals surface area (Å²) in [7, 11) is -3.44. The summed E-state index contributed by atoms with van der Waals surface area (Å²) < 4.78 is 38.5. The van der Waals surface area contributed by atoms with E-state index in [0.717, 1.165) is 0 Å². The normalized spacial score (nSPS) is 13.7. The summed E-state index contributed by atoms with van der Waals surface area (Å²) in [5.74, 6) is -0.587. The van der Waals surface area contributed by atoms with Crippen LogP contribution in [0.4, 0.5) is 4.39 Å². The minimum absolute atomic E-state index is 0.0132. The van der Waals surface area contributed by atoms with Gasteiger partial charge in [-0.2, -0.15) is 0 Å². The fourth-order valence-corrected chi connectivity index (χ4v) is 2.92. The van der Waals surface area contributed by atoms with Crippen molar-refractivity contribution in [3.8, 4) is 0 Å². The predicted octanol–water partition coefficient (Wildman–Crippen LogP) is 2.04. The molecule has 1 aromatic carbocycles. The van der Waals surface area contributed by atoms with E-state index in [2.05, 4.69) is 4.72 Å². The van der Waals surface area contributed by atoms with Gasteiger partial charge in [-0.25, -0.2) is 17.5 Å². The second-order valence-corrected chi connectivity index (χ2v) is 5.62. The lowest BCUT2D eigenvalue weighted by Crippen LogP contribution is -2.30. The van der Waals surface area contributed by atoms with Crippen molar-refractivity contribution in [2.75, 3.05) is 11.6 Å². The zero-order valence-corrected chi connectivity index (χ0v) is 10.4. The third-order valence-corrected chi connectivity index (χ3v) is 3.94. The number of sulfonamides is 1. The quantitative estimate of drug-likeness (QED) is 0.829. The van der Waals surface area contributed by atoms with Gasteiger partial charge in [-0.15, -0.1) is 11.6 Å². The van der Waals surface area contributed by atoms with Gasteiger partial charge >= 0.3 is 0 Å². The van der Waals surface area contributed by atoms with Crippen molar-refractivity contribution in [2.24, 2.45) is 0 Å². The molecule has 90 valence electrons. The van der Waals surface area contributed by atoms with Gasteiger partial charge in [-0.1, -0.05) is 18.2 Å². The molecule has 6 heteroatoms. The smallest absolute Gasteiger partial charge is 0.212 e. The molecule has 0 heterocycles. The van der Waals surface area contributed by atoms with Crippen LogP contribution in [0.25, 0.3) is 0 Å². The summed E-state index contributed by atoms with van der Waals surface area (Å²) in [5.41, 5.74) is 0.320. The van der Waals surface area contributed by atoms with Crippen molar-refractivity contribution in [3.05, 3.63) is 35.6 Å². The molecule has 0 radical (unpaired) electrons. The first-order chi connectivity index (χ1) is 7.46. The molecule has 1 atom stereocenters. The number of rotatable bonds is 5. The summed E-state index contributed by atoms with van der Waals surface area (Å²) in [4.78, 5) is 0. The Morgan fingerprint density at radius 3 is 2.62 bits per heavy atom. The summed E-state index contributed by atoms with van der Waals surface area (Å²) in [6.07, 6.45) is 0. The molecule has 1 N–H and O–H groups in total. The number of hydrogen-bond acceptors (Lipinski definition) is 2. The molecule has 0 spiro atoms. The molecule has 0 fully saturated rings. The Balaban J connectivity index is 2.81. The van der Waals surface area contributed by atoms with E-state index in [4.69, 9.17) is 11.6 Å². The number of hydrogen-bond donors (Lipinski definition) is 1. The molecular weight excluding hydrogens is 253 g/mol. The molecule has 16 heavy (non-hydrogen) atoms. The lowest BCUT2D eigenvalue weighted by molar-refractivity contribution is 0.551. The van der Waals surface area contributed by atoms with E-state index in [1.54, 1.807) is 25.1 Å². The third kappa shape index (κ3) is 3.73. The average Bonchev–Trinajstić information content (AvgIpc) is 2.17. The summed E-state index contributed by atoms with van der Waals surface area (Å²) >= 11 is 5.35. The van der Waals surface area contributed by atoms with Crippen LogP contribution in [0.1, 0.15) is 18.5 Å². The molecule has 0 aromatic heterocycles. The van der Waals surface area contributed by atoms with Gasteiger partial charge in [0.1, 0.15) is 5.82 Å². The maximum atomic E-state index is 13.3. The van der Waals surface area contributed by atoms with Gasteiger partial charge in [-0.05, 0) is 13.0 Å². The van der Waals surface area contributed by atoms with Crippen LogP contribution < -0.4 is 4.72 Å². The first-order valence-electron chi connectivity index (χ1n) is 4.76. The number of halogens is 2. The standard InChI is InChI=1S/C10H13ClFNO2S/c1-8(13-16(14,15)7-6-11)9-4-2-3-5-10(9)12/h2-5,8,13H,6-7H2,1H3/t8-/m1/s1. The predicted molar refractivity (Wildman–Crippen MR) is 62.5 cm³/mol. The average molecular weight is 266 g/mol. The van der Waals surface area contributed by atoms with Crippen molar-refractivity contribution >= 4 is 21.6 Å². The van der Waals surface area contributed by atoms with Crippen molar-refractivity contribution in [1.82, 2.24) is 4.72 Å². The molecule has 0 unspecified atom stereocenters. The van der Waals surface area contributed by atoms with Crippen LogP contribution in [0.15, 0.2) is 24.3 Å². The van der Waals surface area contributed by atoms with Crippen molar-refractivity contribution < 1.29 is 12.8 Å². The van der Waals surface area contributed by atoms with Gasteiger partial charge < -0.3 is 0 Å². The van der Waals surface area contributed by atoms with Crippen LogP contribution in [-0.2, 0) is 10.0 Å². The zero-order valence-electron chi connectivity index (χ0n) is 8.78. The molecule has 1 aromatic rings. The molecule has 0 bridgehead atoms. The van der Waals surface area contributed by atoms with Gasteiger partial charge in [0, 0.05) is 17.5 Å². The first kappa shape index (κ1) is 13.4. The van der Waals surface area contributed by atoms with Gasteiger partial charge in [0.25, 0.3) is 0 Å². The number of alkyl halides is 1. The number of nitrogens with one attached hydrogen (secondary N) is 1. The maximum absolute atomic E-state index is 13.3. The molecule has 1 rings (SSSR count). The van der Waals surface area contributed by atoms with E-state index in [9.17, 15) is 12.8 Å². The monoisotopic (exact) mass is 265 g/mol. The molecule has 0 aliphatic carbocycles. The minimum Gasteiger partial charge on any atom is -0.212 e. The third-order valence-electron chi connectivity index (χ3n) is 2.07. The van der Waals surface area contributed by atoms with Crippen LogP contribution in [0.2, 0.25) is 0 Å². The fraction of sp³-hybridized carbons (Fsp3) is 0.400. The molecule has 0 saturated heterocycles. The Labute approximate surface area is 99.7 Å². The zero-order chi connectivity index (χ0) is 12.2. The van der Waals surface area contributed by atoms with E-state index >= 15 is 0 Å². The van der Waals surface area contributed by atoms with Gasteiger partial charge in [0.15, 0.2) is 0 Å². The largest absolute Gasteiger partial charge is 0.213 e. The molecule has 0 amide bonds.